The van der Waals surface area contributed by atoms with Crippen LogP contribution in [0.2, 0.25) is 0 Å². The van der Waals surface area contributed by atoms with E-state index in [9.17, 15) is 20.2 Å². The van der Waals surface area contributed by atoms with E-state index in [4.69, 9.17) is 0 Å². The number of nitro groups is 2. The molecule has 0 bridgehead atoms. The largest absolute Gasteiger partial charge is 0.285 e. The molecule has 6 nitrogen and oxygen atoms in total. The van der Waals surface area contributed by atoms with Gasteiger partial charge >= 0.3 is 0 Å². The summed E-state index contributed by atoms with van der Waals surface area (Å²) in [6.45, 7) is 0. The molecule has 0 spiro atoms. The standard InChI is InChI=1S/C20H10N2O4/c23-21(24)17-9-8-13-16-10-11-4-1-2-5-12(11)20(22(25)26)19(16)15-7-3-6-14(17)18(13)15/h1-10H. The van der Waals surface area contributed by atoms with Crippen LogP contribution >= 0.6 is 0 Å². The highest BCUT2D eigenvalue weighted by Crippen LogP contribution is 2.54. The Balaban J connectivity index is 2.03. The maximum atomic E-state index is 11.9. The highest BCUT2D eigenvalue weighted by Gasteiger charge is 2.32. The molecule has 1 aliphatic rings. The summed E-state index contributed by atoms with van der Waals surface area (Å²) >= 11 is 0. The van der Waals surface area contributed by atoms with E-state index in [-0.39, 0.29) is 16.3 Å². The predicted octanol–water partition coefficient (Wildman–Crippen LogP) is 5.46. The average Bonchev–Trinajstić information content (AvgIpc) is 2.95. The molecular weight excluding hydrogens is 332 g/mol. The zero-order valence-electron chi connectivity index (χ0n) is 13.3. The van der Waals surface area contributed by atoms with E-state index in [1.807, 2.05) is 18.2 Å². The predicted molar refractivity (Wildman–Crippen MR) is 99.2 cm³/mol. The van der Waals surface area contributed by atoms with Crippen molar-refractivity contribution in [2.24, 2.45) is 0 Å². The molecule has 0 saturated carbocycles. The van der Waals surface area contributed by atoms with Gasteiger partial charge < -0.3 is 0 Å². The Morgan fingerprint density at radius 1 is 0.692 bits per heavy atom. The average molecular weight is 342 g/mol. The molecule has 0 saturated heterocycles. The fourth-order valence-electron chi connectivity index (χ4n) is 3.99. The van der Waals surface area contributed by atoms with E-state index >= 15 is 0 Å². The van der Waals surface area contributed by atoms with E-state index < -0.39 is 4.92 Å². The van der Waals surface area contributed by atoms with E-state index in [1.165, 1.54) is 6.07 Å². The molecule has 5 rings (SSSR count). The first kappa shape index (κ1) is 14.5. The lowest BCUT2D eigenvalue weighted by atomic mass is 9.96. The minimum Gasteiger partial charge on any atom is -0.258 e. The van der Waals surface area contributed by atoms with Crippen molar-refractivity contribution in [3.63, 3.8) is 0 Å². The lowest BCUT2D eigenvalue weighted by Crippen LogP contribution is -1.94. The molecule has 0 heterocycles. The summed E-state index contributed by atoms with van der Waals surface area (Å²) in [6, 6.07) is 17.5. The molecule has 0 fully saturated rings. The quantitative estimate of drug-likeness (QED) is 0.315. The molecule has 0 amide bonds. The Bertz CT molecular complexity index is 1290. The lowest BCUT2D eigenvalue weighted by molar-refractivity contribution is -0.383. The van der Waals surface area contributed by atoms with Crippen LogP contribution in [0.5, 0.6) is 0 Å². The molecule has 4 aromatic rings. The highest BCUT2D eigenvalue weighted by atomic mass is 16.6. The Hall–Kier alpha value is -3.80. The molecule has 0 aromatic heterocycles. The molecule has 0 aliphatic heterocycles. The number of nitrogens with zero attached hydrogens (tertiary/aromatic N) is 2. The van der Waals surface area contributed by atoms with Gasteiger partial charge in [-0.2, -0.15) is 0 Å². The molecule has 4 aromatic carbocycles. The van der Waals surface area contributed by atoms with Crippen LogP contribution in [-0.2, 0) is 0 Å². The number of hydrogen-bond donors (Lipinski definition) is 0. The van der Waals surface area contributed by atoms with Gasteiger partial charge in [0, 0.05) is 11.5 Å². The van der Waals surface area contributed by atoms with Gasteiger partial charge in [0.25, 0.3) is 11.4 Å². The van der Waals surface area contributed by atoms with Gasteiger partial charge in [0.2, 0.25) is 0 Å². The second-order valence-corrected chi connectivity index (χ2v) is 6.24. The van der Waals surface area contributed by atoms with Crippen molar-refractivity contribution in [1.29, 1.82) is 0 Å². The number of hydrogen-bond acceptors (Lipinski definition) is 4. The summed E-state index contributed by atoms with van der Waals surface area (Å²) in [5.41, 5.74) is 2.81. The van der Waals surface area contributed by atoms with Gasteiger partial charge in [0.05, 0.1) is 26.2 Å². The maximum absolute atomic E-state index is 11.9. The smallest absolute Gasteiger partial charge is 0.258 e. The van der Waals surface area contributed by atoms with Gasteiger partial charge in [-0.15, -0.1) is 0 Å². The third kappa shape index (κ3) is 1.70. The van der Waals surface area contributed by atoms with Crippen LogP contribution in [0.25, 0.3) is 43.8 Å². The van der Waals surface area contributed by atoms with Crippen LogP contribution < -0.4 is 0 Å². The minimum absolute atomic E-state index is 0.00520. The molecule has 26 heavy (non-hydrogen) atoms. The zero-order chi connectivity index (χ0) is 18.0. The number of rotatable bonds is 2. The zero-order valence-corrected chi connectivity index (χ0v) is 13.3. The van der Waals surface area contributed by atoms with Crippen molar-refractivity contribution in [1.82, 2.24) is 0 Å². The summed E-state index contributed by atoms with van der Waals surface area (Å²) < 4.78 is 0. The Morgan fingerprint density at radius 3 is 2.23 bits per heavy atom. The van der Waals surface area contributed by atoms with Gasteiger partial charge in [-0.05, 0) is 46.3 Å². The highest BCUT2D eigenvalue weighted by molar-refractivity contribution is 6.22. The summed E-state index contributed by atoms with van der Waals surface area (Å²) in [4.78, 5) is 22.5. The van der Waals surface area contributed by atoms with Crippen molar-refractivity contribution >= 4 is 32.9 Å². The van der Waals surface area contributed by atoms with Crippen LogP contribution in [0.15, 0.2) is 60.7 Å². The maximum Gasteiger partial charge on any atom is 0.285 e. The fraction of sp³-hybridized carbons (Fsp3) is 0. The molecule has 0 radical (unpaired) electrons. The first-order chi connectivity index (χ1) is 12.6. The third-order valence-corrected chi connectivity index (χ3v) is 4.98. The molecular formula is C20H10N2O4. The number of non-ortho nitro benzene ring substituents is 1. The minimum atomic E-state index is -0.420. The number of fused-ring (bicyclic) bond motifs is 4. The van der Waals surface area contributed by atoms with Gasteiger partial charge in [-0.3, -0.25) is 20.2 Å². The van der Waals surface area contributed by atoms with Gasteiger partial charge in [0.1, 0.15) is 0 Å². The van der Waals surface area contributed by atoms with E-state index in [0.717, 1.165) is 16.5 Å². The van der Waals surface area contributed by atoms with Gasteiger partial charge in [-0.25, -0.2) is 0 Å². The Morgan fingerprint density at radius 2 is 1.46 bits per heavy atom. The summed E-state index contributed by atoms with van der Waals surface area (Å²) in [7, 11) is 0. The number of benzene rings is 4. The van der Waals surface area contributed by atoms with Crippen molar-refractivity contribution in [2.75, 3.05) is 0 Å². The molecule has 0 N–H and O–H groups in total. The molecule has 1 aliphatic carbocycles. The van der Waals surface area contributed by atoms with E-state index in [0.29, 0.717) is 27.3 Å². The van der Waals surface area contributed by atoms with Crippen molar-refractivity contribution in [2.45, 2.75) is 0 Å². The number of nitro benzene ring substituents is 2. The summed E-state index contributed by atoms with van der Waals surface area (Å²) in [5.74, 6) is 0. The van der Waals surface area contributed by atoms with E-state index in [2.05, 4.69) is 0 Å². The summed E-state index contributed by atoms with van der Waals surface area (Å²) in [6.07, 6.45) is 0. The normalized spacial score (nSPS) is 11.7. The van der Waals surface area contributed by atoms with Crippen molar-refractivity contribution in [3.8, 4) is 22.3 Å². The van der Waals surface area contributed by atoms with Crippen LogP contribution in [-0.4, -0.2) is 9.85 Å². The molecule has 0 atom stereocenters. The van der Waals surface area contributed by atoms with Gasteiger partial charge in [-0.1, -0.05) is 30.3 Å². The third-order valence-electron chi connectivity index (χ3n) is 4.98. The Labute approximate surface area is 146 Å². The van der Waals surface area contributed by atoms with Crippen LogP contribution in [0.3, 0.4) is 0 Å². The second kappa shape index (κ2) is 4.86. The van der Waals surface area contributed by atoms with Gasteiger partial charge in [0.15, 0.2) is 0 Å². The SMILES string of the molecule is O=[N+]([O-])c1c2c(cc3ccccc13)-c1ccc([N+](=O)[O-])c3cccc-2c13. The second-order valence-electron chi connectivity index (χ2n) is 6.24. The Kier molecular flexibility index (Phi) is 2.72. The molecule has 0 unspecified atom stereocenters. The van der Waals surface area contributed by atoms with Crippen molar-refractivity contribution < 1.29 is 9.85 Å². The van der Waals surface area contributed by atoms with Crippen molar-refractivity contribution in [3.05, 3.63) is 80.9 Å². The summed E-state index contributed by atoms with van der Waals surface area (Å²) in [5, 5.41) is 25.9. The van der Waals surface area contributed by atoms with Crippen LogP contribution in [0.4, 0.5) is 11.4 Å². The fourth-order valence-corrected chi connectivity index (χ4v) is 3.99. The lowest BCUT2D eigenvalue weighted by Gasteiger charge is -2.07. The monoisotopic (exact) mass is 342 g/mol. The molecule has 6 heteroatoms. The first-order valence-corrected chi connectivity index (χ1v) is 7.99. The first-order valence-electron chi connectivity index (χ1n) is 7.99. The van der Waals surface area contributed by atoms with Crippen LogP contribution in [0.1, 0.15) is 0 Å². The van der Waals surface area contributed by atoms with Crippen LogP contribution in [0, 0.1) is 20.2 Å². The molecule has 124 valence electrons. The topological polar surface area (TPSA) is 86.3 Å². The van der Waals surface area contributed by atoms with E-state index in [1.54, 1.807) is 36.4 Å².